The average molecular weight is 354 g/mol. The zero-order valence-electron chi connectivity index (χ0n) is 13.9. The van der Waals surface area contributed by atoms with Crippen molar-refractivity contribution in [2.24, 2.45) is 0 Å². The average Bonchev–Trinajstić information content (AvgIpc) is 3.21. The topological polar surface area (TPSA) is 87.4 Å². The van der Waals surface area contributed by atoms with Crippen LogP contribution in [0.5, 0.6) is 23.0 Å². The molecule has 0 amide bonds. The first-order valence-corrected chi connectivity index (χ1v) is 8.00. The number of rotatable bonds is 2. The summed E-state index contributed by atoms with van der Waals surface area (Å²) in [6, 6.07) is 4.59. The minimum Gasteiger partial charge on any atom is -0.507 e. The fourth-order valence-electron chi connectivity index (χ4n) is 3.63. The molecule has 1 N–H and O–H groups in total. The minimum absolute atomic E-state index is 0.0452. The largest absolute Gasteiger partial charge is 0.507 e. The fourth-order valence-corrected chi connectivity index (χ4v) is 3.63. The Morgan fingerprint density at radius 2 is 1.88 bits per heavy atom. The van der Waals surface area contributed by atoms with Crippen LogP contribution in [0.25, 0.3) is 21.9 Å². The number of ether oxygens (including phenoxy) is 4. The molecule has 7 heteroatoms. The van der Waals surface area contributed by atoms with Gasteiger partial charge in [0.2, 0.25) is 5.43 Å². The Balaban J connectivity index is 2.00. The number of benzene rings is 2. The molecule has 0 spiro atoms. The van der Waals surface area contributed by atoms with E-state index in [1.54, 1.807) is 18.4 Å². The molecule has 3 heterocycles. The van der Waals surface area contributed by atoms with E-state index in [1.165, 1.54) is 20.3 Å². The van der Waals surface area contributed by atoms with E-state index in [2.05, 4.69) is 0 Å². The van der Waals surface area contributed by atoms with Gasteiger partial charge in [-0.25, -0.2) is 0 Å². The van der Waals surface area contributed by atoms with Gasteiger partial charge in [-0.3, -0.25) is 4.79 Å². The van der Waals surface area contributed by atoms with Crippen molar-refractivity contribution >= 4 is 21.9 Å². The van der Waals surface area contributed by atoms with Crippen molar-refractivity contribution in [2.75, 3.05) is 14.2 Å². The van der Waals surface area contributed by atoms with Gasteiger partial charge in [0.25, 0.3) is 6.29 Å². The molecule has 7 nitrogen and oxygen atoms in total. The zero-order chi connectivity index (χ0) is 18.0. The molecule has 26 heavy (non-hydrogen) atoms. The molecule has 0 bridgehead atoms. The highest BCUT2D eigenvalue weighted by Gasteiger charge is 2.41. The Labute approximate surface area is 146 Å². The number of methoxy groups -OCH3 is 2. The maximum atomic E-state index is 13.2. The van der Waals surface area contributed by atoms with Crippen molar-refractivity contribution in [3.05, 3.63) is 46.3 Å². The van der Waals surface area contributed by atoms with Crippen LogP contribution in [0.2, 0.25) is 0 Å². The van der Waals surface area contributed by atoms with E-state index in [0.717, 1.165) is 0 Å². The summed E-state index contributed by atoms with van der Waals surface area (Å²) in [7, 11) is 2.93. The van der Waals surface area contributed by atoms with Crippen molar-refractivity contribution in [1.82, 2.24) is 0 Å². The summed E-state index contributed by atoms with van der Waals surface area (Å²) in [5.74, 6) is 0.817. The molecule has 132 valence electrons. The van der Waals surface area contributed by atoms with E-state index in [0.29, 0.717) is 28.4 Å². The van der Waals surface area contributed by atoms with Gasteiger partial charge in [0.15, 0.2) is 11.3 Å². The molecular formula is C19H14O7. The van der Waals surface area contributed by atoms with Gasteiger partial charge in [-0.15, -0.1) is 0 Å². The molecule has 0 radical (unpaired) electrons. The van der Waals surface area contributed by atoms with Crippen LogP contribution in [0.3, 0.4) is 0 Å². The van der Waals surface area contributed by atoms with Gasteiger partial charge in [-0.05, 0) is 18.2 Å². The second-order valence-electron chi connectivity index (χ2n) is 6.09. The third kappa shape index (κ3) is 1.74. The van der Waals surface area contributed by atoms with Gasteiger partial charge in [0.05, 0.1) is 32.0 Å². The van der Waals surface area contributed by atoms with Crippen LogP contribution in [0.4, 0.5) is 0 Å². The smallest absolute Gasteiger partial charge is 0.250 e. The highest BCUT2D eigenvalue weighted by molar-refractivity contribution is 6.00. The van der Waals surface area contributed by atoms with Crippen molar-refractivity contribution < 1.29 is 28.5 Å². The molecule has 2 atom stereocenters. The van der Waals surface area contributed by atoms with Crippen LogP contribution in [-0.2, 0) is 4.74 Å². The molecule has 1 aromatic heterocycles. The molecule has 2 aliphatic rings. The normalized spacial score (nSPS) is 19.9. The van der Waals surface area contributed by atoms with E-state index in [9.17, 15) is 9.90 Å². The molecule has 0 fully saturated rings. The molecule has 0 saturated carbocycles. The monoisotopic (exact) mass is 354 g/mol. The van der Waals surface area contributed by atoms with E-state index < -0.39 is 11.7 Å². The van der Waals surface area contributed by atoms with Crippen LogP contribution in [0.1, 0.15) is 11.5 Å². The summed E-state index contributed by atoms with van der Waals surface area (Å²) in [6.07, 6.45) is 2.93. The van der Waals surface area contributed by atoms with Crippen LogP contribution in [0.15, 0.2) is 39.7 Å². The van der Waals surface area contributed by atoms with Crippen molar-refractivity contribution in [2.45, 2.75) is 12.2 Å². The lowest BCUT2D eigenvalue weighted by molar-refractivity contribution is -0.00484. The molecule has 5 rings (SSSR count). The second-order valence-corrected chi connectivity index (χ2v) is 6.09. The van der Waals surface area contributed by atoms with Gasteiger partial charge < -0.3 is 28.5 Å². The summed E-state index contributed by atoms with van der Waals surface area (Å²) >= 11 is 0. The van der Waals surface area contributed by atoms with Gasteiger partial charge in [-0.1, -0.05) is 0 Å². The lowest BCUT2D eigenvalue weighted by atomic mass is 9.97. The SMILES string of the molecule is COc1ccc(O)c2c(=O)c3c(OC)cc4c(c3oc12)[C@@H]1C=CO[C@H]1O4. The Morgan fingerprint density at radius 1 is 1.08 bits per heavy atom. The van der Waals surface area contributed by atoms with E-state index >= 15 is 0 Å². The molecule has 0 unspecified atom stereocenters. The molecule has 0 saturated heterocycles. The highest BCUT2D eigenvalue weighted by atomic mass is 16.7. The molecule has 2 aliphatic heterocycles. The Kier molecular flexibility index (Phi) is 2.92. The van der Waals surface area contributed by atoms with Crippen molar-refractivity contribution in [3.63, 3.8) is 0 Å². The molecule has 2 aromatic carbocycles. The summed E-state index contributed by atoms with van der Waals surface area (Å²) in [4.78, 5) is 13.2. The van der Waals surface area contributed by atoms with Gasteiger partial charge in [-0.2, -0.15) is 0 Å². The quantitative estimate of drug-likeness (QED) is 0.708. The van der Waals surface area contributed by atoms with Gasteiger partial charge in [0, 0.05) is 6.07 Å². The Hall–Kier alpha value is -3.35. The van der Waals surface area contributed by atoms with Crippen LogP contribution < -0.4 is 19.6 Å². The lowest BCUT2D eigenvalue weighted by Crippen LogP contribution is -2.14. The first-order valence-electron chi connectivity index (χ1n) is 8.00. The lowest BCUT2D eigenvalue weighted by Gasteiger charge is -2.12. The summed E-state index contributed by atoms with van der Waals surface area (Å²) in [5, 5.41) is 10.5. The predicted octanol–water partition coefficient (Wildman–Crippen LogP) is 3.02. The van der Waals surface area contributed by atoms with Crippen molar-refractivity contribution in [3.8, 4) is 23.0 Å². The number of hydrogen-bond donors (Lipinski definition) is 1. The molecular weight excluding hydrogens is 340 g/mol. The van der Waals surface area contributed by atoms with Gasteiger partial charge in [0.1, 0.15) is 33.6 Å². The first kappa shape index (κ1) is 14.9. The molecule has 3 aromatic rings. The van der Waals surface area contributed by atoms with Crippen molar-refractivity contribution in [1.29, 1.82) is 0 Å². The summed E-state index contributed by atoms with van der Waals surface area (Å²) < 4.78 is 28.0. The third-order valence-electron chi connectivity index (χ3n) is 4.81. The predicted molar refractivity (Wildman–Crippen MR) is 92.1 cm³/mol. The summed E-state index contributed by atoms with van der Waals surface area (Å²) in [6.45, 7) is 0. The van der Waals surface area contributed by atoms with E-state index in [-0.39, 0.29) is 28.0 Å². The molecule has 0 aliphatic carbocycles. The maximum absolute atomic E-state index is 13.2. The number of phenolic OH excluding ortho intramolecular Hbond substituents is 1. The number of fused-ring (bicyclic) bond motifs is 6. The minimum atomic E-state index is -0.493. The number of hydrogen-bond acceptors (Lipinski definition) is 7. The Bertz CT molecular complexity index is 1160. The number of phenols is 1. The number of aromatic hydroxyl groups is 1. The fraction of sp³-hybridized carbons (Fsp3) is 0.211. The zero-order valence-corrected chi connectivity index (χ0v) is 13.9. The van der Waals surface area contributed by atoms with Crippen LogP contribution >= 0.6 is 0 Å². The Morgan fingerprint density at radius 3 is 2.65 bits per heavy atom. The van der Waals surface area contributed by atoms with Crippen LogP contribution in [-0.4, -0.2) is 25.6 Å². The summed E-state index contributed by atoms with van der Waals surface area (Å²) in [5.41, 5.74) is 0.822. The third-order valence-corrected chi connectivity index (χ3v) is 4.81. The van der Waals surface area contributed by atoms with Crippen LogP contribution in [0, 0.1) is 0 Å². The van der Waals surface area contributed by atoms with E-state index in [4.69, 9.17) is 23.4 Å². The van der Waals surface area contributed by atoms with Gasteiger partial charge >= 0.3 is 0 Å². The van der Waals surface area contributed by atoms with E-state index in [1.807, 2.05) is 6.08 Å². The standard InChI is InChI=1S/C19H14O7/c1-22-10-4-3-9(20)14-16(21)15-11(23-2)7-12-13(18(15)26-17(10)14)8-5-6-24-19(8)25-12/h3-8,19-20H,1-2H3/t8-,19-/m0/s1. The maximum Gasteiger partial charge on any atom is 0.250 e. The first-order chi connectivity index (χ1) is 12.6. The second kappa shape index (κ2) is 5.08. The highest BCUT2D eigenvalue weighted by Crippen LogP contribution is 2.49.